The van der Waals surface area contributed by atoms with Crippen LogP contribution in [0.15, 0.2) is 108 Å². The van der Waals surface area contributed by atoms with Gasteiger partial charge in [0.25, 0.3) is 10.0 Å². The third kappa shape index (κ3) is 8.91. The molecule has 7 nitrogen and oxygen atoms in total. The minimum atomic E-state index is -4.29. The number of amides is 2. The van der Waals surface area contributed by atoms with E-state index in [0.717, 1.165) is 54.1 Å². The van der Waals surface area contributed by atoms with Crippen molar-refractivity contribution in [3.05, 3.63) is 130 Å². The third-order valence-electron chi connectivity index (χ3n) is 8.30. The Morgan fingerprint density at radius 3 is 2.13 bits per heavy atom. The lowest BCUT2D eigenvalue weighted by Gasteiger charge is -2.35. The number of carbonyl (C=O) groups excluding carboxylic acids is 2. The van der Waals surface area contributed by atoms with Crippen molar-refractivity contribution >= 4 is 50.7 Å². The molecule has 0 heterocycles. The summed E-state index contributed by atoms with van der Waals surface area (Å²) in [6, 6.07) is 25.8. The van der Waals surface area contributed by atoms with Gasteiger partial charge in [-0.15, -0.1) is 0 Å². The summed E-state index contributed by atoms with van der Waals surface area (Å²) in [7, 11) is -4.29. The molecule has 1 saturated carbocycles. The minimum absolute atomic E-state index is 0.0280. The fourth-order valence-corrected chi connectivity index (χ4v) is 7.69. The molecule has 1 atom stereocenters. The summed E-state index contributed by atoms with van der Waals surface area (Å²) in [4.78, 5) is 30.1. The molecular weight excluding hydrogens is 660 g/mol. The van der Waals surface area contributed by atoms with Gasteiger partial charge in [0.1, 0.15) is 18.4 Å². The zero-order valence-electron chi connectivity index (χ0n) is 25.7. The monoisotopic (exact) mass is 695 g/mol. The second kappa shape index (κ2) is 15.8. The molecule has 1 fully saturated rings. The largest absolute Gasteiger partial charge is 0.352 e. The Balaban J connectivity index is 1.57. The standard InChI is InChI=1S/C36H36Cl2FN3O4S/c37-28-17-16-27(33(38)23-28)24-41(34(22-26-10-4-1-5-11-26)36(44)40-30-12-6-2-7-13-30)35(43)25-42(31-20-18-29(39)19-21-31)47(45,46)32-14-8-3-9-15-32/h1,3-5,8-11,14-21,23,30,34H,2,6-7,12-13,22,24-25H2,(H,40,44)/t34-/m0/s1. The number of rotatable bonds is 12. The van der Waals surface area contributed by atoms with Crippen molar-refractivity contribution in [2.24, 2.45) is 0 Å². The number of benzene rings is 4. The number of anilines is 1. The number of nitrogens with one attached hydrogen (secondary N) is 1. The lowest BCUT2D eigenvalue weighted by Crippen LogP contribution is -2.55. The smallest absolute Gasteiger partial charge is 0.264 e. The van der Waals surface area contributed by atoms with Crippen LogP contribution in [0.3, 0.4) is 0 Å². The number of hydrogen-bond acceptors (Lipinski definition) is 4. The van der Waals surface area contributed by atoms with Gasteiger partial charge in [0.15, 0.2) is 0 Å². The average molecular weight is 697 g/mol. The first-order valence-corrected chi connectivity index (χ1v) is 17.7. The molecule has 4 aromatic carbocycles. The number of nitrogens with zero attached hydrogens (tertiary/aromatic N) is 2. The molecule has 1 aliphatic rings. The van der Waals surface area contributed by atoms with Crippen LogP contribution in [0.4, 0.5) is 10.1 Å². The van der Waals surface area contributed by atoms with Crippen molar-refractivity contribution in [1.82, 2.24) is 10.2 Å². The molecule has 0 aromatic heterocycles. The van der Waals surface area contributed by atoms with Crippen molar-refractivity contribution in [1.29, 1.82) is 0 Å². The summed E-state index contributed by atoms with van der Waals surface area (Å²) in [5, 5.41) is 3.88. The highest BCUT2D eigenvalue weighted by atomic mass is 35.5. The van der Waals surface area contributed by atoms with Crippen molar-refractivity contribution in [3.63, 3.8) is 0 Å². The van der Waals surface area contributed by atoms with Crippen LogP contribution in [0.5, 0.6) is 0 Å². The first kappa shape index (κ1) is 34.4. The van der Waals surface area contributed by atoms with E-state index in [2.05, 4.69) is 5.32 Å². The van der Waals surface area contributed by atoms with Crippen LogP contribution in [0, 0.1) is 5.82 Å². The van der Waals surface area contributed by atoms with Crippen LogP contribution in [0.1, 0.15) is 43.2 Å². The third-order valence-corrected chi connectivity index (χ3v) is 10.7. The molecular formula is C36H36Cl2FN3O4S. The van der Waals surface area contributed by atoms with Gasteiger partial charge in [-0.1, -0.05) is 97.1 Å². The fraction of sp³-hybridized carbons (Fsp3) is 0.278. The lowest BCUT2D eigenvalue weighted by molar-refractivity contribution is -0.140. The summed E-state index contributed by atoms with van der Waals surface area (Å²) < 4.78 is 43.0. The lowest BCUT2D eigenvalue weighted by atomic mass is 9.94. The van der Waals surface area contributed by atoms with Gasteiger partial charge >= 0.3 is 0 Å². The highest BCUT2D eigenvalue weighted by molar-refractivity contribution is 7.92. The maximum atomic E-state index is 14.6. The Hall–Kier alpha value is -3.92. The van der Waals surface area contributed by atoms with Crippen molar-refractivity contribution < 1.29 is 22.4 Å². The Morgan fingerprint density at radius 2 is 1.49 bits per heavy atom. The number of carbonyl (C=O) groups is 2. The molecule has 0 saturated heterocycles. The van der Waals surface area contributed by atoms with Crippen molar-refractivity contribution in [2.75, 3.05) is 10.8 Å². The van der Waals surface area contributed by atoms with E-state index < -0.39 is 34.3 Å². The predicted molar refractivity (Wildman–Crippen MR) is 183 cm³/mol. The van der Waals surface area contributed by atoms with Crippen LogP contribution in [-0.4, -0.2) is 43.8 Å². The van der Waals surface area contributed by atoms with E-state index in [-0.39, 0.29) is 35.5 Å². The minimum Gasteiger partial charge on any atom is -0.352 e. The Kier molecular flexibility index (Phi) is 11.6. The molecule has 2 amide bonds. The molecule has 5 rings (SSSR count). The molecule has 0 radical (unpaired) electrons. The maximum absolute atomic E-state index is 14.6. The molecule has 0 spiro atoms. The van der Waals surface area contributed by atoms with E-state index in [1.165, 1.54) is 29.2 Å². The molecule has 0 bridgehead atoms. The van der Waals surface area contributed by atoms with Gasteiger partial charge in [-0.3, -0.25) is 13.9 Å². The summed E-state index contributed by atoms with van der Waals surface area (Å²) in [6.07, 6.45) is 4.97. The maximum Gasteiger partial charge on any atom is 0.264 e. The highest BCUT2D eigenvalue weighted by Crippen LogP contribution is 2.28. The van der Waals surface area contributed by atoms with Crippen LogP contribution in [0.2, 0.25) is 10.0 Å². The van der Waals surface area contributed by atoms with Gasteiger partial charge in [0, 0.05) is 29.1 Å². The van der Waals surface area contributed by atoms with Crippen molar-refractivity contribution in [3.8, 4) is 0 Å². The second-order valence-corrected chi connectivity index (χ2v) is 14.3. The normalized spacial score (nSPS) is 14.3. The molecule has 47 heavy (non-hydrogen) atoms. The Labute approximate surface area is 285 Å². The summed E-state index contributed by atoms with van der Waals surface area (Å²) >= 11 is 12.8. The first-order valence-electron chi connectivity index (χ1n) is 15.5. The fourth-order valence-electron chi connectivity index (χ4n) is 5.79. The topological polar surface area (TPSA) is 86.8 Å². The van der Waals surface area contributed by atoms with E-state index in [0.29, 0.717) is 15.6 Å². The van der Waals surface area contributed by atoms with Gasteiger partial charge in [-0.2, -0.15) is 0 Å². The number of sulfonamides is 1. The zero-order valence-corrected chi connectivity index (χ0v) is 28.0. The molecule has 4 aromatic rings. The Bertz CT molecular complexity index is 1770. The number of hydrogen-bond donors (Lipinski definition) is 1. The average Bonchev–Trinajstić information content (AvgIpc) is 3.07. The SMILES string of the molecule is O=C(NC1CCCCC1)[C@H](Cc1ccccc1)N(Cc1ccc(Cl)cc1Cl)C(=O)CN(c1ccc(F)cc1)S(=O)(=O)c1ccccc1. The molecule has 246 valence electrons. The summed E-state index contributed by atoms with van der Waals surface area (Å²) in [5.41, 5.74) is 1.45. The first-order chi connectivity index (χ1) is 22.6. The van der Waals surface area contributed by atoms with E-state index in [4.69, 9.17) is 23.2 Å². The summed E-state index contributed by atoms with van der Waals surface area (Å²) in [5.74, 6) is -1.53. The van der Waals surface area contributed by atoms with Gasteiger partial charge < -0.3 is 10.2 Å². The Morgan fingerprint density at radius 1 is 0.851 bits per heavy atom. The molecule has 1 aliphatic carbocycles. The van der Waals surface area contributed by atoms with Crippen LogP contribution < -0.4 is 9.62 Å². The van der Waals surface area contributed by atoms with E-state index in [9.17, 15) is 22.4 Å². The van der Waals surface area contributed by atoms with Gasteiger partial charge in [0.2, 0.25) is 11.8 Å². The predicted octanol–water partition coefficient (Wildman–Crippen LogP) is 7.42. The molecule has 1 N–H and O–H groups in total. The molecule has 0 aliphatic heterocycles. The second-order valence-electron chi connectivity index (χ2n) is 11.6. The van der Waals surface area contributed by atoms with Gasteiger partial charge in [-0.05, 0) is 72.5 Å². The zero-order chi connectivity index (χ0) is 33.4. The highest BCUT2D eigenvalue weighted by Gasteiger charge is 2.35. The molecule has 11 heteroatoms. The van der Waals surface area contributed by atoms with Crippen molar-refractivity contribution in [2.45, 2.75) is 62.0 Å². The van der Waals surface area contributed by atoms with E-state index in [1.54, 1.807) is 36.4 Å². The van der Waals surface area contributed by atoms with Gasteiger partial charge in [-0.25, -0.2) is 12.8 Å². The molecule has 0 unspecified atom stereocenters. The quantitative estimate of drug-likeness (QED) is 0.167. The van der Waals surface area contributed by atoms with E-state index >= 15 is 0 Å². The summed E-state index contributed by atoms with van der Waals surface area (Å²) in [6.45, 7) is -0.747. The van der Waals surface area contributed by atoms with E-state index in [1.807, 2.05) is 30.3 Å². The van der Waals surface area contributed by atoms with Crippen LogP contribution in [-0.2, 0) is 32.6 Å². The van der Waals surface area contributed by atoms with Gasteiger partial charge in [0.05, 0.1) is 10.6 Å². The van der Waals surface area contributed by atoms with Crippen LogP contribution in [0.25, 0.3) is 0 Å². The van der Waals surface area contributed by atoms with Crippen LogP contribution >= 0.6 is 23.2 Å². The number of halogens is 3.